The highest BCUT2D eigenvalue weighted by atomic mass is 32.2. The lowest BCUT2D eigenvalue weighted by molar-refractivity contribution is -0.116. The van der Waals surface area contributed by atoms with Crippen molar-refractivity contribution in [2.45, 2.75) is 24.8 Å². The lowest BCUT2D eigenvalue weighted by Crippen LogP contribution is -2.33. The molecule has 0 aliphatic heterocycles. The molecule has 0 saturated heterocycles. The number of ether oxygens (including phenoxy) is 2. The molecule has 7 nitrogen and oxygen atoms in total. The predicted molar refractivity (Wildman–Crippen MR) is 134 cm³/mol. The van der Waals surface area contributed by atoms with Crippen molar-refractivity contribution in [1.29, 1.82) is 0 Å². The van der Waals surface area contributed by atoms with E-state index in [9.17, 15) is 4.79 Å². The van der Waals surface area contributed by atoms with E-state index < -0.39 is 0 Å². The van der Waals surface area contributed by atoms with Crippen LogP contribution in [0.15, 0.2) is 66.1 Å². The van der Waals surface area contributed by atoms with Crippen LogP contribution in [0.2, 0.25) is 0 Å². The Labute approximate surface area is 201 Å². The molecule has 172 valence electrons. The number of thiazole rings is 1. The third-order valence-electron chi connectivity index (χ3n) is 4.97. The number of carbonyl (C=O) groups is 1. The van der Waals surface area contributed by atoms with Crippen LogP contribution >= 0.6 is 23.1 Å². The summed E-state index contributed by atoms with van der Waals surface area (Å²) in [7, 11) is 1.64. The number of amides is 1. The smallest absolute Gasteiger partial charge is 0.239 e. The van der Waals surface area contributed by atoms with Gasteiger partial charge in [0.1, 0.15) is 11.5 Å². The zero-order chi connectivity index (χ0) is 23.0. The Morgan fingerprint density at radius 2 is 2.00 bits per heavy atom. The molecule has 2 aromatic carbocycles. The maximum atomic E-state index is 13.3. The second-order valence-electron chi connectivity index (χ2n) is 7.22. The number of imidazole rings is 1. The third kappa shape index (κ3) is 6.06. The van der Waals surface area contributed by atoms with Crippen molar-refractivity contribution >= 4 is 44.4 Å². The number of thioether (sulfide) groups is 1. The van der Waals surface area contributed by atoms with Crippen molar-refractivity contribution in [2.75, 3.05) is 30.9 Å². The number of nitrogens with zero attached hydrogens (tertiary/aromatic N) is 4. The monoisotopic (exact) mass is 482 g/mol. The first kappa shape index (κ1) is 23.1. The molecule has 0 N–H and O–H groups in total. The van der Waals surface area contributed by atoms with Crippen LogP contribution in [0.5, 0.6) is 11.5 Å². The quantitative estimate of drug-likeness (QED) is 0.277. The predicted octanol–water partition coefficient (Wildman–Crippen LogP) is 5.12. The summed E-state index contributed by atoms with van der Waals surface area (Å²) in [5.41, 5.74) is 0.869. The highest BCUT2D eigenvalue weighted by Crippen LogP contribution is 2.32. The number of methoxy groups -OCH3 is 1. The Kier molecular flexibility index (Phi) is 7.85. The molecule has 0 unspecified atom stereocenters. The molecule has 0 atom stereocenters. The van der Waals surface area contributed by atoms with Gasteiger partial charge in [0, 0.05) is 30.4 Å². The Bertz CT molecular complexity index is 1180. The van der Waals surface area contributed by atoms with Crippen molar-refractivity contribution in [3.63, 3.8) is 0 Å². The van der Waals surface area contributed by atoms with Crippen molar-refractivity contribution in [1.82, 2.24) is 14.5 Å². The SMILES string of the molecule is CCOc1ccc2nc(N(CCCn3ccnc3)C(=O)CSc3ccc(OC)cc3)sc2c1. The summed E-state index contributed by atoms with van der Waals surface area (Å²) in [4.78, 5) is 24.9. The van der Waals surface area contributed by atoms with Gasteiger partial charge in [0.2, 0.25) is 5.91 Å². The number of rotatable bonds is 11. The van der Waals surface area contributed by atoms with Crippen LogP contribution in [0.1, 0.15) is 13.3 Å². The van der Waals surface area contributed by atoms with Crippen molar-refractivity contribution in [2.24, 2.45) is 0 Å². The topological polar surface area (TPSA) is 69.5 Å². The van der Waals surface area contributed by atoms with E-state index in [1.165, 1.54) is 23.1 Å². The summed E-state index contributed by atoms with van der Waals surface area (Å²) in [5, 5.41) is 0.713. The van der Waals surface area contributed by atoms with Gasteiger partial charge in [-0.25, -0.2) is 9.97 Å². The van der Waals surface area contributed by atoms with Crippen LogP contribution in [0.25, 0.3) is 10.2 Å². The number of carbonyl (C=O) groups excluding carboxylic acids is 1. The molecule has 0 radical (unpaired) electrons. The Morgan fingerprint density at radius 1 is 1.18 bits per heavy atom. The molecule has 9 heteroatoms. The third-order valence-corrected chi connectivity index (χ3v) is 7.01. The first-order chi connectivity index (χ1) is 16.2. The number of fused-ring (bicyclic) bond motifs is 1. The molecule has 33 heavy (non-hydrogen) atoms. The summed E-state index contributed by atoms with van der Waals surface area (Å²) < 4.78 is 13.9. The maximum absolute atomic E-state index is 13.3. The first-order valence-corrected chi connectivity index (χ1v) is 12.5. The fourth-order valence-corrected chi connectivity index (χ4v) is 5.13. The largest absolute Gasteiger partial charge is 0.497 e. The second-order valence-corrected chi connectivity index (χ2v) is 9.28. The molecule has 2 aromatic heterocycles. The highest BCUT2D eigenvalue weighted by Gasteiger charge is 2.20. The van der Waals surface area contributed by atoms with E-state index in [1.54, 1.807) is 24.5 Å². The van der Waals surface area contributed by atoms with Crippen LogP contribution < -0.4 is 14.4 Å². The summed E-state index contributed by atoms with van der Waals surface area (Å²) in [5.74, 6) is 1.98. The van der Waals surface area contributed by atoms with E-state index in [0.717, 1.165) is 39.6 Å². The minimum atomic E-state index is 0.0329. The van der Waals surface area contributed by atoms with Gasteiger partial charge < -0.3 is 14.0 Å². The number of benzene rings is 2. The summed E-state index contributed by atoms with van der Waals surface area (Å²) in [6, 6.07) is 13.6. The van der Waals surface area contributed by atoms with Gasteiger partial charge in [0.15, 0.2) is 5.13 Å². The molecule has 0 saturated carbocycles. The molecule has 0 bridgehead atoms. The minimum absolute atomic E-state index is 0.0329. The first-order valence-electron chi connectivity index (χ1n) is 10.7. The summed E-state index contributed by atoms with van der Waals surface area (Å²) >= 11 is 3.03. The normalized spacial score (nSPS) is 11.0. The number of aryl methyl sites for hydroxylation is 1. The fraction of sp³-hybridized carbons (Fsp3) is 0.292. The van der Waals surface area contributed by atoms with Gasteiger partial charge in [-0.05, 0) is 55.8 Å². The number of hydrogen-bond donors (Lipinski definition) is 0. The van der Waals surface area contributed by atoms with Gasteiger partial charge >= 0.3 is 0 Å². The van der Waals surface area contributed by atoms with Crippen molar-refractivity contribution in [3.05, 3.63) is 61.2 Å². The van der Waals surface area contributed by atoms with E-state index in [-0.39, 0.29) is 5.91 Å². The average molecular weight is 483 g/mol. The number of anilines is 1. The van der Waals surface area contributed by atoms with E-state index in [0.29, 0.717) is 24.0 Å². The van der Waals surface area contributed by atoms with Gasteiger partial charge in [-0.1, -0.05) is 11.3 Å². The minimum Gasteiger partial charge on any atom is -0.497 e. The van der Waals surface area contributed by atoms with E-state index in [4.69, 9.17) is 14.5 Å². The zero-order valence-corrected chi connectivity index (χ0v) is 20.3. The maximum Gasteiger partial charge on any atom is 0.239 e. The van der Waals surface area contributed by atoms with Crippen LogP contribution in [0.3, 0.4) is 0 Å². The Hall–Kier alpha value is -3.04. The van der Waals surface area contributed by atoms with Crippen LogP contribution in [0, 0.1) is 0 Å². The molecule has 0 fully saturated rings. The molecule has 2 heterocycles. The van der Waals surface area contributed by atoms with Crippen LogP contribution in [0.4, 0.5) is 5.13 Å². The standard InChI is InChI=1S/C24H26N4O3S2/c1-3-31-19-7-10-21-22(15-19)33-24(26-21)28(13-4-12-27-14-11-25-17-27)23(29)16-32-20-8-5-18(30-2)6-9-20/h5-11,14-15,17H,3-4,12-13,16H2,1-2H3. The van der Waals surface area contributed by atoms with Crippen LogP contribution in [-0.4, -0.2) is 46.5 Å². The molecule has 1 amide bonds. The second kappa shape index (κ2) is 11.2. The van der Waals surface area contributed by atoms with E-state index in [1.807, 2.05) is 60.2 Å². The molecule has 4 aromatic rings. The number of hydrogen-bond acceptors (Lipinski definition) is 7. The summed E-state index contributed by atoms with van der Waals surface area (Å²) in [6.45, 7) is 3.94. The fourth-order valence-electron chi connectivity index (χ4n) is 3.32. The Morgan fingerprint density at radius 3 is 2.73 bits per heavy atom. The van der Waals surface area contributed by atoms with Crippen molar-refractivity contribution in [3.8, 4) is 11.5 Å². The Balaban J connectivity index is 1.50. The van der Waals surface area contributed by atoms with E-state index in [2.05, 4.69) is 4.98 Å². The van der Waals surface area contributed by atoms with Gasteiger partial charge in [-0.15, -0.1) is 11.8 Å². The average Bonchev–Trinajstić information content (AvgIpc) is 3.50. The van der Waals surface area contributed by atoms with Gasteiger partial charge in [-0.3, -0.25) is 9.69 Å². The van der Waals surface area contributed by atoms with Gasteiger partial charge in [-0.2, -0.15) is 0 Å². The summed E-state index contributed by atoms with van der Waals surface area (Å²) in [6.07, 6.45) is 6.28. The molecule has 4 rings (SSSR count). The lowest BCUT2D eigenvalue weighted by atomic mass is 10.3. The lowest BCUT2D eigenvalue weighted by Gasteiger charge is -2.20. The number of aromatic nitrogens is 3. The molecule has 0 aliphatic carbocycles. The molecular formula is C24H26N4O3S2. The molecule has 0 spiro atoms. The zero-order valence-electron chi connectivity index (χ0n) is 18.6. The molecular weight excluding hydrogens is 456 g/mol. The van der Waals surface area contributed by atoms with Crippen molar-refractivity contribution < 1.29 is 14.3 Å². The van der Waals surface area contributed by atoms with Crippen LogP contribution in [-0.2, 0) is 11.3 Å². The van der Waals surface area contributed by atoms with Gasteiger partial charge in [0.25, 0.3) is 0 Å². The van der Waals surface area contributed by atoms with E-state index >= 15 is 0 Å². The highest BCUT2D eigenvalue weighted by molar-refractivity contribution is 8.00. The molecule has 0 aliphatic rings. The van der Waals surface area contributed by atoms with Gasteiger partial charge in [0.05, 0.1) is 36.0 Å².